The second-order valence-corrected chi connectivity index (χ2v) is 5.51. The zero-order chi connectivity index (χ0) is 14.7. The Morgan fingerprint density at radius 1 is 1.19 bits per heavy atom. The number of pyridine rings is 1. The average molecular weight is 293 g/mol. The predicted molar refractivity (Wildman–Crippen MR) is 77.2 cm³/mol. The van der Waals surface area contributed by atoms with Gasteiger partial charge in [0.2, 0.25) is 5.95 Å². The third-order valence-corrected chi connectivity index (χ3v) is 4.04. The topological polar surface area (TPSA) is 45.7 Å². The number of morpholine rings is 1. The van der Waals surface area contributed by atoms with Crippen LogP contribution in [0.3, 0.4) is 0 Å². The van der Waals surface area contributed by atoms with Crippen LogP contribution in [0.1, 0.15) is 23.2 Å². The number of nitrogens with zero attached hydrogens (tertiary/aromatic N) is 3. The number of ether oxygens (including phenoxy) is 1. The highest BCUT2D eigenvalue weighted by molar-refractivity contribution is 5.97. The van der Waals surface area contributed by atoms with E-state index in [1.54, 1.807) is 12.1 Å². The first-order chi connectivity index (χ1) is 10.2. The van der Waals surface area contributed by atoms with Gasteiger partial charge in [-0.15, -0.1) is 0 Å². The molecule has 0 unspecified atom stereocenters. The van der Waals surface area contributed by atoms with Gasteiger partial charge in [-0.2, -0.15) is 4.39 Å². The van der Waals surface area contributed by atoms with Crippen molar-refractivity contribution in [3.05, 3.63) is 23.6 Å². The molecule has 5 nitrogen and oxygen atoms in total. The van der Waals surface area contributed by atoms with Gasteiger partial charge in [-0.05, 0) is 25.0 Å². The van der Waals surface area contributed by atoms with Gasteiger partial charge < -0.3 is 9.64 Å². The van der Waals surface area contributed by atoms with E-state index in [0.29, 0.717) is 32.1 Å². The second-order valence-electron chi connectivity index (χ2n) is 5.51. The quantitative estimate of drug-likeness (QED) is 0.619. The summed E-state index contributed by atoms with van der Waals surface area (Å²) in [6.45, 7) is 4.73. The molecule has 0 amide bonds. The maximum Gasteiger partial charge on any atom is 0.225 e. The molecule has 0 spiro atoms. The molecule has 1 aromatic rings. The molecule has 114 valence electrons. The van der Waals surface area contributed by atoms with Gasteiger partial charge in [-0.1, -0.05) is 0 Å². The molecule has 2 aliphatic heterocycles. The van der Waals surface area contributed by atoms with Gasteiger partial charge in [0.25, 0.3) is 0 Å². The van der Waals surface area contributed by atoms with Gasteiger partial charge in [0.15, 0.2) is 5.78 Å². The van der Waals surface area contributed by atoms with E-state index in [1.807, 2.05) is 4.90 Å². The number of Topliss-reactive ketones (excluding diaryl/α,β-unsaturated/α-hetero) is 1. The van der Waals surface area contributed by atoms with Crippen LogP contribution in [0.5, 0.6) is 0 Å². The van der Waals surface area contributed by atoms with Crippen molar-refractivity contribution in [3.8, 4) is 0 Å². The Balaban J connectivity index is 1.68. The third-order valence-electron chi connectivity index (χ3n) is 4.04. The lowest BCUT2D eigenvalue weighted by molar-refractivity contribution is 0.0370. The number of ketones is 1. The van der Waals surface area contributed by atoms with E-state index in [1.165, 1.54) is 0 Å². The predicted octanol–water partition coefficient (Wildman–Crippen LogP) is 1.34. The van der Waals surface area contributed by atoms with E-state index < -0.39 is 5.95 Å². The van der Waals surface area contributed by atoms with E-state index in [0.717, 1.165) is 25.9 Å². The lowest BCUT2D eigenvalue weighted by Gasteiger charge is -2.25. The Morgan fingerprint density at radius 2 is 1.90 bits per heavy atom. The molecule has 2 saturated heterocycles. The summed E-state index contributed by atoms with van der Waals surface area (Å²) in [5.74, 6) is -0.236. The maximum atomic E-state index is 14.1. The summed E-state index contributed by atoms with van der Waals surface area (Å²) in [5, 5.41) is 0. The SMILES string of the molecule is O=C(CN1CCOCC1)c1ccc(N2CCCC2)nc1F. The van der Waals surface area contributed by atoms with E-state index >= 15 is 0 Å². The summed E-state index contributed by atoms with van der Waals surface area (Å²) >= 11 is 0. The molecule has 3 rings (SSSR count). The molecule has 21 heavy (non-hydrogen) atoms. The first kappa shape index (κ1) is 14.4. The number of hydrogen-bond donors (Lipinski definition) is 0. The van der Waals surface area contributed by atoms with E-state index in [-0.39, 0.29) is 17.9 Å². The molecule has 6 heteroatoms. The maximum absolute atomic E-state index is 14.1. The van der Waals surface area contributed by atoms with Crippen LogP contribution in [-0.2, 0) is 4.74 Å². The number of hydrogen-bond acceptors (Lipinski definition) is 5. The van der Waals surface area contributed by atoms with Crippen LogP contribution in [0.2, 0.25) is 0 Å². The number of carbonyl (C=O) groups is 1. The van der Waals surface area contributed by atoms with Gasteiger partial charge >= 0.3 is 0 Å². The summed E-state index contributed by atoms with van der Waals surface area (Å²) < 4.78 is 19.3. The number of anilines is 1. The molecule has 3 heterocycles. The number of carbonyl (C=O) groups excluding carboxylic acids is 1. The highest BCUT2D eigenvalue weighted by Gasteiger charge is 2.21. The summed E-state index contributed by atoms with van der Waals surface area (Å²) in [5.41, 5.74) is 0.0874. The molecule has 0 bridgehead atoms. The van der Waals surface area contributed by atoms with Gasteiger partial charge in [0.05, 0.1) is 25.3 Å². The zero-order valence-corrected chi connectivity index (χ0v) is 12.1. The van der Waals surface area contributed by atoms with Crippen LogP contribution >= 0.6 is 0 Å². The summed E-state index contributed by atoms with van der Waals surface area (Å²) in [6.07, 6.45) is 2.22. The molecule has 2 fully saturated rings. The second kappa shape index (κ2) is 6.49. The molecule has 0 N–H and O–H groups in total. The van der Waals surface area contributed by atoms with Crippen molar-refractivity contribution in [1.29, 1.82) is 0 Å². The van der Waals surface area contributed by atoms with Crippen LogP contribution in [-0.4, -0.2) is 61.6 Å². The Morgan fingerprint density at radius 3 is 2.57 bits per heavy atom. The Kier molecular flexibility index (Phi) is 4.45. The monoisotopic (exact) mass is 293 g/mol. The largest absolute Gasteiger partial charge is 0.379 e. The van der Waals surface area contributed by atoms with Gasteiger partial charge in [-0.3, -0.25) is 9.69 Å². The summed E-state index contributed by atoms with van der Waals surface area (Å²) in [4.78, 5) is 20.2. The Bertz CT molecular complexity index is 512. The molecular weight excluding hydrogens is 273 g/mol. The van der Waals surface area contributed by atoms with E-state index in [4.69, 9.17) is 4.74 Å². The highest BCUT2D eigenvalue weighted by atomic mass is 19.1. The van der Waals surface area contributed by atoms with Crippen molar-refractivity contribution in [3.63, 3.8) is 0 Å². The van der Waals surface area contributed by atoms with Crippen molar-refractivity contribution in [2.45, 2.75) is 12.8 Å². The molecule has 1 aromatic heterocycles. The lowest BCUT2D eigenvalue weighted by atomic mass is 10.1. The number of halogens is 1. The fraction of sp³-hybridized carbons (Fsp3) is 0.600. The van der Waals surface area contributed by atoms with Crippen molar-refractivity contribution in [1.82, 2.24) is 9.88 Å². The molecule has 2 aliphatic rings. The summed E-state index contributed by atoms with van der Waals surface area (Å²) in [7, 11) is 0. The molecule has 0 aromatic carbocycles. The summed E-state index contributed by atoms with van der Waals surface area (Å²) in [6, 6.07) is 3.32. The van der Waals surface area contributed by atoms with Crippen LogP contribution in [0.15, 0.2) is 12.1 Å². The van der Waals surface area contributed by atoms with Crippen molar-refractivity contribution >= 4 is 11.6 Å². The zero-order valence-electron chi connectivity index (χ0n) is 12.1. The van der Waals surface area contributed by atoms with Gasteiger partial charge in [-0.25, -0.2) is 4.98 Å². The number of rotatable bonds is 4. The van der Waals surface area contributed by atoms with Gasteiger partial charge in [0.1, 0.15) is 5.82 Å². The minimum atomic E-state index is -0.655. The molecule has 0 aliphatic carbocycles. The minimum Gasteiger partial charge on any atom is -0.379 e. The third kappa shape index (κ3) is 3.39. The lowest BCUT2D eigenvalue weighted by Crippen LogP contribution is -2.39. The van der Waals surface area contributed by atoms with E-state index in [9.17, 15) is 9.18 Å². The normalized spacial score (nSPS) is 20.0. The van der Waals surface area contributed by atoms with Crippen molar-refractivity contribution in [2.24, 2.45) is 0 Å². The van der Waals surface area contributed by atoms with Crippen LogP contribution in [0.4, 0.5) is 10.2 Å². The van der Waals surface area contributed by atoms with Crippen LogP contribution in [0.25, 0.3) is 0 Å². The van der Waals surface area contributed by atoms with Crippen LogP contribution < -0.4 is 4.90 Å². The fourth-order valence-electron chi connectivity index (χ4n) is 2.80. The van der Waals surface area contributed by atoms with E-state index in [2.05, 4.69) is 9.88 Å². The highest BCUT2D eigenvalue weighted by Crippen LogP contribution is 2.19. The molecule has 0 saturated carbocycles. The Hall–Kier alpha value is -1.53. The average Bonchev–Trinajstić information content (AvgIpc) is 3.02. The molecular formula is C15H20FN3O2. The first-order valence-electron chi connectivity index (χ1n) is 7.49. The minimum absolute atomic E-state index is 0.0874. The number of aromatic nitrogens is 1. The first-order valence-corrected chi connectivity index (χ1v) is 7.49. The Labute approximate surface area is 123 Å². The molecule has 0 atom stereocenters. The van der Waals surface area contributed by atoms with Gasteiger partial charge in [0, 0.05) is 26.2 Å². The smallest absolute Gasteiger partial charge is 0.225 e. The van der Waals surface area contributed by atoms with Crippen LogP contribution in [0, 0.1) is 5.95 Å². The fourth-order valence-corrected chi connectivity index (χ4v) is 2.80. The van der Waals surface area contributed by atoms with Crippen molar-refractivity contribution < 1.29 is 13.9 Å². The van der Waals surface area contributed by atoms with Crippen molar-refractivity contribution in [2.75, 3.05) is 50.8 Å². The standard InChI is InChI=1S/C15H20FN3O2/c16-15-12(13(20)11-18-7-9-21-10-8-18)3-4-14(17-15)19-5-1-2-6-19/h3-4H,1-2,5-11H2. The molecule has 0 radical (unpaired) electrons.